The van der Waals surface area contributed by atoms with Crippen molar-refractivity contribution in [1.29, 1.82) is 0 Å². The van der Waals surface area contributed by atoms with Gasteiger partial charge in [-0.15, -0.1) is 0 Å². The van der Waals surface area contributed by atoms with Crippen LogP contribution in [-0.2, 0) is 0 Å². The van der Waals surface area contributed by atoms with Crippen molar-refractivity contribution in [2.45, 2.75) is 25.3 Å². The summed E-state index contributed by atoms with van der Waals surface area (Å²) < 4.78 is 19.2. The van der Waals surface area contributed by atoms with Crippen LogP contribution >= 0.6 is 0 Å². The largest absolute Gasteiger partial charge is 0.492 e. The van der Waals surface area contributed by atoms with Gasteiger partial charge in [0, 0.05) is 51.7 Å². The van der Waals surface area contributed by atoms with Gasteiger partial charge in [-0.05, 0) is 48.7 Å². The quantitative estimate of drug-likeness (QED) is 0.805. The van der Waals surface area contributed by atoms with Gasteiger partial charge in [-0.2, -0.15) is 0 Å². The van der Waals surface area contributed by atoms with Crippen molar-refractivity contribution in [3.8, 4) is 5.75 Å². The van der Waals surface area contributed by atoms with E-state index in [4.69, 9.17) is 4.74 Å². The number of likely N-dealkylation sites (N-methyl/N-ethyl adjacent to an activating group) is 1. The monoisotopic (exact) mass is 381 g/mol. The minimum absolute atomic E-state index is 0.209. The molecule has 0 bridgehead atoms. The van der Waals surface area contributed by atoms with Gasteiger partial charge in [-0.1, -0.05) is 12.1 Å². The zero-order valence-corrected chi connectivity index (χ0v) is 16.7. The summed E-state index contributed by atoms with van der Waals surface area (Å²) in [4.78, 5) is 7.59. The number of fused-ring (bicyclic) bond motifs is 3. The number of nitrogens with zero attached hydrogens (tertiary/aromatic N) is 3. The molecule has 1 saturated heterocycles. The maximum Gasteiger partial charge on any atom is 0.123 e. The molecule has 0 spiro atoms. The fraction of sp³-hybridized carbons (Fsp3) is 0.478. The number of hydrogen-bond donors (Lipinski definition) is 0. The second kappa shape index (κ2) is 6.96. The Hall–Kier alpha value is -2.27. The third-order valence-corrected chi connectivity index (χ3v) is 6.68. The van der Waals surface area contributed by atoms with Crippen molar-refractivity contribution in [2.24, 2.45) is 0 Å². The number of likely N-dealkylation sites (tertiary alicyclic amines) is 1. The summed E-state index contributed by atoms with van der Waals surface area (Å²) in [6.45, 7) is 7.89. The Labute approximate surface area is 166 Å². The Balaban J connectivity index is 1.26. The van der Waals surface area contributed by atoms with Crippen molar-refractivity contribution in [1.82, 2.24) is 4.90 Å². The molecule has 4 nitrogen and oxygen atoms in total. The average Bonchev–Trinajstić information content (AvgIpc) is 3.01. The Kier molecular flexibility index (Phi) is 4.43. The number of piperidine rings is 1. The van der Waals surface area contributed by atoms with Crippen LogP contribution in [-0.4, -0.2) is 57.3 Å². The second-order valence-electron chi connectivity index (χ2n) is 8.35. The normalized spacial score (nSPS) is 23.5. The lowest BCUT2D eigenvalue weighted by Gasteiger charge is -2.41. The lowest BCUT2D eigenvalue weighted by Crippen LogP contribution is -2.49. The first kappa shape index (κ1) is 17.8. The van der Waals surface area contributed by atoms with E-state index in [-0.39, 0.29) is 5.82 Å². The Morgan fingerprint density at radius 3 is 2.89 bits per heavy atom. The van der Waals surface area contributed by atoms with Gasteiger partial charge in [-0.25, -0.2) is 4.39 Å². The zero-order chi connectivity index (χ0) is 19.3. The molecule has 3 heterocycles. The van der Waals surface area contributed by atoms with Crippen molar-refractivity contribution < 1.29 is 9.13 Å². The topological polar surface area (TPSA) is 19.0 Å². The maximum atomic E-state index is 13.3. The molecule has 2 atom stereocenters. The SMILES string of the molecule is Cc1cc(F)ccc1OCCN1CC[C@H]2[C@@H](C1)c1cccc3c1N2CCN3C. The smallest absolute Gasteiger partial charge is 0.123 e. The highest BCUT2D eigenvalue weighted by molar-refractivity contribution is 5.80. The molecule has 28 heavy (non-hydrogen) atoms. The molecule has 1 fully saturated rings. The minimum Gasteiger partial charge on any atom is -0.492 e. The first-order valence-electron chi connectivity index (χ1n) is 10.3. The van der Waals surface area contributed by atoms with Crippen LogP contribution in [0, 0.1) is 12.7 Å². The van der Waals surface area contributed by atoms with Gasteiger partial charge < -0.3 is 14.5 Å². The molecule has 0 aromatic heterocycles. The standard InChI is InChI=1S/C23H28FN3O/c1-16-14-17(24)6-7-22(16)28-13-12-26-9-8-20-19(15-26)18-4-3-5-21-23(18)27(20)11-10-25(21)2/h3-7,14,19-20H,8-13,15H2,1-2H3/t19-,20-/m0/s1. The fourth-order valence-electron chi connectivity index (χ4n) is 5.24. The summed E-state index contributed by atoms with van der Waals surface area (Å²) in [5, 5.41) is 0. The van der Waals surface area contributed by atoms with Crippen LogP contribution in [0.15, 0.2) is 36.4 Å². The summed E-state index contributed by atoms with van der Waals surface area (Å²) in [5.41, 5.74) is 5.24. The zero-order valence-electron chi connectivity index (χ0n) is 16.7. The first-order chi connectivity index (χ1) is 13.6. The lowest BCUT2D eigenvalue weighted by atomic mass is 9.89. The van der Waals surface area contributed by atoms with E-state index in [2.05, 4.69) is 39.9 Å². The number of hydrogen-bond acceptors (Lipinski definition) is 4. The third-order valence-electron chi connectivity index (χ3n) is 6.68. The molecule has 0 N–H and O–H groups in total. The van der Waals surface area contributed by atoms with Crippen LogP contribution in [0.2, 0.25) is 0 Å². The highest BCUT2D eigenvalue weighted by Crippen LogP contribution is 2.50. The average molecular weight is 381 g/mol. The molecule has 5 rings (SSSR count). The molecule has 3 aliphatic heterocycles. The molecule has 148 valence electrons. The van der Waals surface area contributed by atoms with Crippen molar-refractivity contribution >= 4 is 11.4 Å². The van der Waals surface area contributed by atoms with Crippen LogP contribution in [0.5, 0.6) is 5.75 Å². The molecule has 0 aliphatic carbocycles. The van der Waals surface area contributed by atoms with Crippen LogP contribution in [0.3, 0.4) is 0 Å². The summed E-state index contributed by atoms with van der Waals surface area (Å²) in [6.07, 6.45) is 1.21. The van der Waals surface area contributed by atoms with Crippen molar-refractivity contribution in [2.75, 3.05) is 56.2 Å². The molecular weight excluding hydrogens is 353 g/mol. The molecular formula is C23H28FN3O. The Morgan fingerprint density at radius 2 is 2.04 bits per heavy atom. The number of para-hydroxylation sites is 1. The van der Waals surface area contributed by atoms with Gasteiger partial charge in [0.15, 0.2) is 0 Å². The maximum absolute atomic E-state index is 13.3. The molecule has 2 aromatic carbocycles. The fourth-order valence-corrected chi connectivity index (χ4v) is 5.24. The highest BCUT2D eigenvalue weighted by atomic mass is 19.1. The summed E-state index contributed by atoms with van der Waals surface area (Å²) >= 11 is 0. The highest BCUT2D eigenvalue weighted by Gasteiger charge is 2.44. The van der Waals surface area contributed by atoms with Crippen LogP contribution in [0.1, 0.15) is 23.5 Å². The Bertz CT molecular complexity index is 886. The number of benzene rings is 2. The number of rotatable bonds is 4. The molecule has 5 heteroatoms. The number of ether oxygens (including phenoxy) is 1. The summed E-state index contributed by atoms with van der Waals surface area (Å²) in [7, 11) is 2.20. The predicted molar refractivity (Wildman–Crippen MR) is 111 cm³/mol. The van der Waals surface area contributed by atoms with E-state index in [1.54, 1.807) is 6.07 Å². The van der Waals surface area contributed by atoms with Crippen molar-refractivity contribution in [3.05, 3.63) is 53.3 Å². The van der Waals surface area contributed by atoms with E-state index in [1.807, 2.05) is 6.92 Å². The Morgan fingerprint density at radius 1 is 1.14 bits per heavy atom. The number of anilines is 2. The summed E-state index contributed by atoms with van der Waals surface area (Å²) in [5.74, 6) is 1.16. The van der Waals surface area contributed by atoms with E-state index >= 15 is 0 Å². The van der Waals surface area contributed by atoms with Crippen LogP contribution < -0.4 is 14.5 Å². The molecule has 2 aromatic rings. The van der Waals surface area contributed by atoms with Gasteiger partial charge in [0.2, 0.25) is 0 Å². The number of aryl methyl sites for hydroxylation is 1. The van der Waals surface area contributed by atoms with Gasteiger partial charge in [0.25, 0.3) is 0 Å². The van der Waals surface area contributed by atoms with Gasteiger partial charge in [0.05, 0.1) is 11.4 Å². The van der Waals surface area contributed by atoms with E-state index in [0.717, 1.165) is 44.0 Å². The van der Waals surface area contributed by atoms with Crippen molar-refractivity contribution in [3.63, 3.8) is 0 Å². The van der Waals surface area contributed by atoms with Gasteiger partial charge in [-0.3, -0.25) is 4.90 Å². The molecule has 0 unspecified atom stereocenters. The van der Waals surface area contributed by atoms with E-state index in [1.165, 1.54) is 35.5 Å². The van der Waals surface area contributed by atoms with Gasteiger partial charge in [0.1, 0.15) is 18.2 Å². The van der Waals surface area contributed by atoms with Crippen LogP contribution in [0.25, 0.3) is 0 Å². The van der Waals surface area contributed by atoms with E-state index < -0.39 is 0 Å². The molecule has 0 radical (unpaired) electrons. The third kappa shape index (κ3) is 2.93. The van der Waals surface area contributed by atoms with Gasteiger partial charge >= 0.3 is 0 Å². The number of halogens is 1. The molecule has 0 amide bonds. The first-order valence-corrected chi connectivity index (χ1v) is 10.3. The minimum atomic E-state index is -0.209. The second-order valence-corrected chi connectivity index (χ2v) is 8.35. The lowest BCUT2D eigenvalue weighted by molar-refractivity contribution is 0.160. The molecule has 3 aliphatic rings. The summed E-state index contributed by atoms with van der Waals surface area (Å²) in [6, 6.07) is 12.2. The predicted octanol–water partition coefficient (Wildman–Crippen LogP) is 3.64. The molecule has 0 saturated carbocycles. The van der Waals surface area contributed by atoms with E-state index in [9.17, 15) is 4.39 Å². The van der Waals surface area contributed by atoms with E-state index in [0.29, 0.717) is 18.6 Å². The van der Waals surface area contributed by atoms with Crippen LogP contribution in [0.4, 0.5) is 15.8 Å².